The van der Waals surface area contributed by atoms with Crippen molar-refractivity contribution in [3.05, 3.63) is 78.2 Å². The Balaban J connectivity index is 1.90. The largest absolute Gasteiger partial charge is 0.462 e. The van der Waals surface area contributed by atoms with Gasteiger partial charge < -0.3 is 13.7 Å². The van der Waals surface area contributed by atoms with Crippen LogP contribution < -0.4 is 11.2 Å². The molecule has 32 heavy (non-hydrogen) atoms. The highest BCUT2D eigenvalue weighted by Gasteiger charge is 2.26. The molecule has 162 valence electrons. The van der Waals surface area contributed by atoms with Crippen LogP contribution in [0.1, 0.15) is 28.5 Å². The maximum Gasteiger partial charge on any atom is 0.403 e. The monoisotopic (exact) mass is 471 g/mol. The second-order valence-corrected chi connectivity index (χ2v) is 8.12. The van der Waals surface area contributed by atoms with Crippen LogP contribution in [0, 0.1) is 6.92 Å². The predicted octanol–water partition coefficient (Wildman–Crippen LogP) is 4.03. The van der Waals surface area contributed by atoms with E-state index in [1.165, 1.54) is 6.33 Å². The molecule has 5 aromatic rings. The average molecular weight is 472 g/mol. The molecule has 0 spiro atoms. The van der Waals surface area contributed by atoms with Gasteiger partial charge in [-0.2, -0.15) is 0 Å². The number of benzene rings is 2. The lowest BCUT2D eigenvalue weighted by Gasteiger charge is -2.11. The van der Waals surface area contributed by atoms with E-state index >= 15 is 0 Å². The third-order valence-electron chi connectivity index (χ3n) is 5.48. The van der Waals surface area contributed by atoms with E-state index in [1.54, 1.807) is 38.1 Å². The van der Waals surface area contributed by atoms with Gasteiger partial charge in [0.1, 0.15) is 17.4 Å². The molecule has 3 aromatic heterocycles. The molecule has 0 N–H and O–H groups in total. The molecule has 0 unspecified atom stereocenters. The maximum atomic E-state index is 12.9. The molecule has 0 aliphatic rings. The van der Waals surface area contributed by atoms with Gasteiger partial charge in [0.2, 0.25) is 0 Å². The minimum atomic E-state index is -1.02. The van der Waals surface area contributed by atoms with Gasteiger partial charge in [0.25, 0.3) is 0 Å². The fourth-order valence-electron chi connectivity index (χ4n) is 4.07. The number of halogens is 2. The number of imidazole rings is 1. The van der Waals surface area contributed by atoms with Crippen molar-refractivity contribution in [2.75, 3.05) is 6.61 Å². The summed E-state index contributed by atoms with van der Waals surface area (Å²) in [7, 11) is 0. The lowest BCUT2D eigenvalue weighted by Crippen LogP contribution is -2.28. The highest BCUT2D eigenvalue weighted by Crippen LogP contribution is 2.35. The number of esters is 1. The van der Waals surface area contributed by atoms with Crippen LogP contribution in [-0.2, 0) is 11.3 Å². The number of fused-ring (bicyclic) bond motifs is 2. The molecule has 0 bridgehead atoms. The Morgan fingerprint density at radius 3 is 2.69 bits per heavy atom. The van der Waals surface area contributed by atoms with Gasteiger partial charge in [0, 0.05) is 27.7 Å². The summed E-state index contributed by atoms with van der Waals surface area (Å²) in [6, 6.07) is 6.75. The van der Waals surface area contributed by atoms with E-state index in [2.05, 4.69) is 4.98 Å². The molecule has 0 saturated carbocycles. The second-order valence-electron chi connectivity index (χ2n) is 7.28. The van der Waals surface area contributed by atoms with Crippen LogP contribution >= 0.6 is 23.2 Å². The molecule has 0 amide bonds. The van der Waals surface area contributed by atoms with E-state index in [9.17, 15) is 14.4 Å². The van der Waals surface area contributed by atoms with Gasteiger partial charge in [0.05, 0.1) is 17.7 Å². The summed E-state index contributed by atoms with van der Waals surface area (Å²) in [5, 5.41) is 1.48. The van der Waals surface area contributed by atoms with Gasteiger partial charge in [-0.05, 0) is 37.6 Å². The van der Waals surface area contributed by atoms with Crippen LogP contribution in [0.4, 0.5) is 0 Å². The summed E-state index contributed by atoms with van der Waals surface area (Å²) in [6.45, 7) is 4.01. The summed E-state index contributed by atoms with van der Waals surface area (Å²) in [5.41, 5.74) is 1.40. The van der Waals surface area contributed by atoms with Gasteiger partial charge in [0.15, 0.2) is 5.58 Å². The SMILES string of the molecule is CCOC(=O)c1c(C)n(Cc2ccc(Cl)cc2Cl)c2c1cc1oc(=O)c(=O)n3cnc2c13. The van der Waals surface area contributed by atoms with E-state index in [0.29, 0.717) is 49.8 Å². The zero-order valence-electron chi connectivity index (χ0n) is 16.9. The van der Waals surface area contributed by atoms with Gasteiger partial charge >= 0.3 is 17.2 Å². The van der Waals surface area contributed by atoms with Crippen molar-refractivity contribution >= 4 is 56.7 Å². The van der Waals surface area contributed by atoms with E-state index in [4.69, 9.17) is 32.4 Å². The van der Waals surface area contributed by atoms with Crippen molar-refractivity contribution in [1.82, 2.24) is 14.0 Å². The molecule has 10 heteroatoms. The Morgan fingerprint density at radius 1 is 1.19 bits per heavy atom. The summed E-state index contributed by atoms with van der Waals surface area (Å²) < 4.78 is 13.5. The smallest absolute Gasteiger partial charge is 0.403 e. The highest BCUT2D eigenvalue weighted by atomic mass is 35.5. The van der Waals surface area contributed by atoms with E-state index in [-0.39, 0.29) is 12.2 Å². The van der Waals surface area contributed by atoms with Crippen LogP contribution in [0.2, 0.25) is 10.0 Å². The summed E-state index contributed by atoms with van der Waals surface area (Å²) in [4.78, 5) is 41.5. The number of rotatable bonds is 4. The molecule has 0 aliphatic carbocycles. The molecular formula is C22H15Cl2N3O5. The Bertz CT molecular complexity index is 1660. The Kier molecular flexibility index (Phi) is 4.72. The number of hydrogen-bond acceptors (Lipinski definition) is 6. The fourth-order valence-corrected chi connectivity index (χ4v) is 4.53. The van der Waals surface area contributed by atoms with Crippen molar-refractivity contribution in [1.29, 1.82) is 0 Å². The van der Waals surface area contributed by atoms with Crippen LogP contribution in [0.25, 0.3) is 27.5 Å². The first kappa shape index (κ1) is 20.5. The molecule has 0 fully saturated rings. The summed E-state index contributed by atoms with van der Waals surface area (Å²) >= 11 is 12.4. The predicted molar refractivity (Wildman–Crippen MR) is 120 cm³/mol. The standard InChI is InChI=1S/C22H15Cl2N3O5/c1-3-31-21(29)16-10(2)26(8-11-4-5-12(23)6-14(11)24)18-13(16)7-15-19-17(18)25-9-27(19)20(28)22(30)32-15/h4-7,9H,3,8H2,1-2H3. The van der Waals surface area contributed by atoms with E-state index in [0.717, 1.165) is 9.96 Å². The van der Waals surface area contributed by atoms with Gasteiger partial charge in [-0.3, -0.25) is 9.20 Å². The first-order valence-electron chi connectivity index (χ1n) is 9.72. The number of aromatic nitrogens is 3. The van der Waals surface area contributed by atoms with Crippen LogP contribution in [0.15, 0.2) is 44.6 Å². The molecule has 5 rings (SSSR count). The number of ether oxygens (including phenoxy) is 1. The van der Waals surface area contributed by atoms with Gasteiger partial charge in [-0.1, -0.05) is 29.3 Å². The molecule has 8 nitrogen and oxygen atoms in total. The van der Waals surface area contributed by atoms with Crippen LogP contribution in [-0.4, -0.2) is 26.5 Å². The number of carbonyl (C=O) groups excluding carboxylic acids is 1. The normalized spacial score (nSPS) is 11.8. The molecule has 0 radical (unpaired) electrons. The minimum Gasteiger partial charge on any atom is -0.462 e. The fraction of sp³-hybridized carbons (Fsp3) is 0.182. The molecule has 0 atom stereocenters. The van der Waals surface area contributed by atoms with Crippen molar-refractivity contribution in [3.63, 3.8) is 0 Å². The molecule has 0 saturated heterocycles. The lowest BCUT2D eigenvalue weighted by molar-refractivity contribution is 0.0527. The van der Waals surface area contributed by atoms with Crippen LogP contribution in [0.3, 0.4) is 0 Å². The first-order chi connectivity index (χ1) is 15.3. The molecular weight excluding hydrogens is 457 g/mol. The van der Waals surface area contributed by atoms with Crippen molar-refractivity contribution < 1.29 is 13.9 Å². The first-order valence-corrected chi connectivity index (χ1v) is 10.5. The lowest BCUT2D eigenvalue weighted by atomic mass is 10.1. The Morgan fingerprint density at radius 2 is 1.97 bits per heavy atom. The van der Waals surface area contributed by atoms with Gasteiger partial charge in [-0.25, -0.2) is 14.6 Å². The van der Waals surface area contributed by atoms with Crippen molar-refractivity contribution in [2.45, 2.75) is 20.4 Å². The summed E-state index contributed by atoms with van der Waals surface area (Å²) in [6.07, 6.45) is 1.28. The third kappa shape index (κ3) is 2.91. The zero-order valence-corrected chi connectivity index (χ0v) is 18.5. The Labute approximate surface area is 189 Å². The van der Waals surface area contributed by atoms with Crippen molar-refractivity contribution in [3.8, 4) is 0 Å². The van der Waals surface area contributed by atoms with Crippen LogP contribution in [0.5, 0.6) is 0 Å². The van der Waals surface area contributed by atoms with Gasteiger partial charge in [-0.15, -0.1) is 0 Å². The summed E-state index contributed by atoms with van der Waals surface area (Å²) in [5.74, 6) is -0.514. The maximum absolute atomic E-state index is 12.9. The number of nitrogens with zero attached hydrogens (tertiary/aromatic N) is 3. The second kappa shape index (κ2) is 7.36. The topological polar surface area (TPSA) is 95.8 Å². The minimum absolute atomic E-state index is 0.154. The molecule has 3 heterocycles. The average Bonchev–Trinajstić information content (AvgIpc) is 3.29. The Hall–Kier alpha value is -3.36. The number of hydrogen-bond donors (Lipinski definition) is 0. The zero-order chi connectivity index (χ0) is 22.7. The molecule has 2 aromatic carbocycles. The third-order valence-corrected chi connectivity index (χ3v) is 6.07. The van der Waals surface area contributed by atoms with E-state index < -0.39 is 17.2 Å². The molecule has 0 aliphatic heterocycles. The quantitative estimate of drug-likeness (QED) is 0.290. The highest BCUT2D eigenvalue weighted by molar-refractivity contribution is 6.35. The van der Waals surface area contributed by atoms with Crippen molar-refractivity contribution in [2.24, 2.45) is 0 Å². The number of carbonyl (C=O) groups is 1. The van der Waals surface area contributed by atoms with E-state index in [1.807, 2.05) is 4.57 Å².